The van der Waals surface area contributed by atoms with E-state index in [1.165, 1.54) is 36.4 Å². The van der Waals surface area contributed by atoms with Crippen molar-refractivity contribution in [3.05, 3.63) is 149 Å². The van der Waals surface area contributed by atoms with E-state index in [-0.39, 0.29) is 20.6 Å². The van der Waals surface area contributed by atoms with Gasteiger partial charge in [-0.25, -0.2) is 0 Å². The molecule has 0 atom stereocenters. The van der Waals surface area contributed by atoms with Crippen molar-refractivity contribution < 1.29 is 38.9 Å². The second-order valence-corrected chi connectivity index (χ2v) is 15.9. The Kier molecular flexibility index (Phi) is 10.3. The number of hydrogen-bond acceptors (Lipinski definition) is 8. The first-order valence-corrected chi connectivity index (χ1v) is 19.1. The summed E-state index contributed by atoms with van der Waals surface area (Å²) in [6, 6.07) is 33.8. The summed E-state index contributed by atoms with van der Waals surface area (Å²) < 4.78 is 96.9. The molecule has 0 aliphatic heterocycles. The van der Waals surface area contributed by atoms with Crippen molar-refractivity contribution in [2.24, 2.45) is 0 Å². The fourth-order valence-electron chi connectivity index (χ4n) is 5.52. The number of benzene rings is 5. The minimum absolute atomic E-state index is 0.174. The van der Waals surface area contributed by atoms with Crippen molar-refractivity contribution in [1.82, 2.24) is 0 Å². The Morgan fingerprint density at radius 1 is 0.429 bits per heavy atom. The zero-order chi connectivity index (χ0) is 35.6. The Morgan fingerprint density at radius 3 is 0.939 bits per heavy atom. The van der Waals surface area contributed by atoms with E-state index in [2.05, 4.69) is 0 Å². The highest BCUT2D eigenvalue weighted by atomic mass is 32.2. The molecule has 0 fully saturated rings. The van der Waals surface area contributed by atoms with Crippen LogP contribution in [0.3, 0.4) is 0 Å². The highest BCUT2D eigenvalue weighted by Crippen LogP contribution is 2.35. The van der Waals surface area contributed by atoms with Crippen molar-refractivity contribution in [3.63, 3.8) is 0 Å². The predicted molar refractivity (Wildman–Crippen MR) is 187 cm³/mol. The largest absolute Gasteiger partial charge is 0.370 e. The zero-order valence-electron chi connectivity index (χ0n) is 26.4. The van der Waals surface area contributed by atoms with Gasteiger partial charge in [-0.05, 0) is 88.5 Å². The molecule has 5 rings (SSSR count). The van der Waals surface area contributed by atoms with E-state index in [1.807, 2.05) is 72.4 Å². The Balaban J connectivity index is 1.39. The van der Waals surface area contributed by atoms with Gasteiger partial charge in [0.1, 0.15) is 0 Å². The molecular formula is C35H34N2O9S3. The van der Waals surface area contributed by atoms with E-state index >= 15 is 0 Å². The lowest BCUT2D eigenvalue weighted by Crippen LogP contribution is -2.17. The number of anilines is 2. The Hall–Kier alpha value is -4.57. The van der Waals surface area contributed by atoms with Crippen LogP contribution in [0.2, 0.25) is 0 Å². The molecule has 0 aliphatic carbocycles. The molecule has 0 saturated carbocycles. The van der Waals surface area contributed by atoms with Gasteiger partial charge in [0.15, 0.2) is 0 Å². The van der Waals surface area contributed by atoms with Crippen LogP contribution in [0.5, 0.6) is 0 Å². The Morgan fingerprint density at radius 2 is 0.673 bits per heavy atom. The van der Waals surface area contributed by atoms with Crippen molar-refractivity contribution in [3.8, 4) is 0 Å². The molecule has 3 N–H and O–H groups in total. The third kappa shape index (κ3) is 8.92. The molecule has 0 heterocycles. The molecule has 5 aromatic rings. The van der Waals surface area contributed by atoms with Crippen LogP contribution < -0.4 is 9.80 Å². The Bertz CT molecular complexity index is 2110. The van der Waals surface area contributed by atoms with Crippen molar-refractivity contribution >= 4 is 41.7 Å². The third-order valence-corrected chi connectivity index (χ3v) is 10.7. The molecule has 256 valence electrons. The minimum atomic E-state index is -4.37. The number of rotatable bonds is 12. The van der Waals surface area contributed by atoms with Crippen LogP contribution >= 0.6 is 0 Å². The molecule has 0 amide bonds. The summed E-state index contributed by atoms with van der Waals surface area (Å²) in [5.41, 5.74) is 6.12. The molecule has 0 radical (unpaired) electrons. The lowest BCUT2D eigenvalue weighted by molar-refractivity contribution is 0.481. The van der Waals surface area contributed by atoms with Crippen LogP contribution in [0.1, 0.15) is 33.7 Å². The molecule has 0 aromatic heterocycles. The van der Waals surface area contributed by atoms with Gasteiger partial charge in [-0.3, -0.25) is 13.7 Å². The van der Waals surface area contributed by atoms with E-state index in [0.717, 1.165) is 39.2 Å². The molecule has 0 spiro atoms. The van der Waals surface area contributed by atoms with Crippen LogP contribution in [-0.4, -0.2) is 53.0 Å². The van der Waals surface area contributed by atoms with E-state index < -0.39 is 30.4 Å². The van der Waals surface area contributed by atoms with Gasteiger partial charge in [0.05, 0.1) is 14.7 Å². The summed E-state index contributed by atoms with van der Waals surface area (Å²) in [6.07, 6.45) is 0. The average molecular weight is 723 g/mol. The fraction of sp³-hybridized carbons (Fsp3) is 0.143. The first-order valence-electron chi connectivity index (χ1n) is 14.8. The molecule has 49 heavy (non-hydrogen) atoms. The highest BCUT2D eigenvalue weighted by Gasteiger charge is 2.20. The summed E-state index contributed by atoms with van der Waals surface area (Å²) in [5.74, 6) is -0.296. The van der Waals surface area contributed by atoms with Crippen molar-refractivity contribution in [2.45, 2.75) is 33.7 Å². The molecular weight excluding hydrogens is 689 g/mol. The maximum absolute atomic E-state index is 11.7. The fourth-order valence-corrected chi connectivity index (χ4v) is 6.96. The summed E-state index contributed by atoms with van der Waals surface area (Å²) in [6.45, 7) is 0.955. The van der Waals surface area contributed by atoms with E-state index in [0.29, 0.717) is 13.1 Å². The Labute approximate surface area is 286 Å². The third-order valence-electron chi connectivity index (χ3n) is 8.13. The maximum atomic E-state index is 11.7. The van der Waals surface area contributed by atoms with Gasteiger partial charge < -0.3 is 9.80 Å². The summed E-state index contributed by atoms with van der Waals surface area (Å²) in [4.78, 5) is 3.42. The highest BCUT2D eigenvalue weighted by molar-refractivity contribution is 7.86. The first-order chi connectivity index (χ1) is 23.0. The van der Waals surface area contributed by atoms with Crippen LogP contribution in [0.25, 0.3) is 0 Å². The minimum Gasteiger partial charge on any atom is -0.370 e. The van der Waals surface area contributed by atoms with Crippen LogP contribution in [-0.2, 0) is 43.4 Å². The topological polar surface area (TPSA) is 170 Å². The molecule has 0 aliphatic rings. The molecule has 0 bridgehead atoms. The van der Waals surface area contributed by atoms with E-state index in [9.17, 15) is 38.9 Å². The van der Waals surface area contributed by atoms with Crippen molar-refractivity contribution in [1.29, 1.82) is 0 Å². The zero-order valence-corrected chi connectivity index (χ0v) is 28.9. The van der Waals surface area contributed by atoms with Gasteiger partial charge >= 0.3 is 0 Å². The van der Waals surface area contributed by atoms with Gasteiger partial charge in [0.25, 0.3) is 30.4 Å². The molecule has 11 nitrogen and oxygen atoms in total. The van der Waals surface area contributed by atoms with Gasteiger partial charge in [0, 0.05) is 44.5 Å². The molecule has 0 saturated heterocycles. The number of hydrogen-bond donors (Lipinski definition) is 3. The van der Waals surface area contributed by atoms with Gasteiger partial charge in [0.2, 0.25) is 0 Å². The van der Waals surface area contributed by atoms with Crippen molar-refractivity contribution in [2.75, 3.05) is 23.9 Å². The smallest absolute Gasteiger partial charge is 0.294 e. The number of nitrogens with zero attached hydrogens (tertiary/aromatic N) is 2. The second-order valence-electron chi connectivity index (χ2n) is 11.6. The van der Waals surface area contributed by atoms with Crippen LogP contribution in [0.4, 0.5) is 11.4 Å². The van der Waals surface area contributed by atoms with E-state index in [4.69, 9.17) is 0 Å². The lowest BCUT2D eigenvalue weighted by atomic mass is 9.85. The summed E-state index contributed by atoms with van der Waals surface area (Å²) in [7, 11) is -9.13. The summed E-state index contributed by atoms with van der Waals surface area (Å²) >= 11 is 0. The van der Waals surface area contributed by atoms with Gasteiger partial charge in [-0.2, -0.15) is 25.3 Å². The SMILES string of the molecule is CN(Cc1ccc(S(=O)(=O)O)cc1)c1ccc(C(c2ccc(N(C)Cc3ccc(S(=O)(=O)O)cc3)cc2)c2ccc(S(=O)(=O)O)cc2)cc1. The van der Waals surface area contributed by atoms with Gasteiger partial charge in [-0.1, -0.05) is 60.7 Å². The predicted octanol–water partition coefficient (Wildman–Crippen LogP) is 5.88. The van der Waals surface area contributed by atoms with Crippen LogP contribution in [0, 0.1) is 0 Å². The quantitative estimate of drug-likeness (QED) is 0.104. The standard InChI is InChI=1S/C35H34N2O9S3/c1-36(23-25-3-17-32(18-4-25)47(38,39)40)30-13-7-27(8-14-30)35(29-11-21-34(22-12-29)49(44,45)46)28-9-15-31(16-10-28)37(2)24-26-5-19-33(20-6-26)48(41,42)43/h3-22,35H,23-24H2,1-2H3,(H,38,39,40)(H,41,42,43)(H,44,45,46). The molecule has 14 heteroatoms. The monoisotopic (exact) mass is 722 g/mol. The van der Waals surface area contributed by atoms with Crippen LogP contribution in [0.15, 0.2) is 136 Å². The maximum Gasteiger partial charge on any atom is 0.294 e. The molecule has 5 aromatic carbocycles. The average Bonchev–Trinajstić information content (AvgIpc) is 3.05. The molecule has 0 unspecified atom stereocenters. The lowest BCUT2D eigenvalue weighted by Gasteiger charge is -2.24. The van der Waals surface area contributed by atoms with E-state index in [1.54, 1.807) is 36.4 Å². The summed E-state index contributed by atoms with van der Waals surface area (Å²) in [5, 5.41) is 0. The second kappa shape index (κ2) is 14.1. The first kappa shape index (κ1) is 35.7. The normalized spacial score (nSPS) is 12.2. The van der Waals surface area contributed by atoms with Gasteiger partial charge in [-0.15, -0.1) is 0 Å².